The van der Waals surface area contributed by atoms with Crippen LogP contribution in [-0.4, -0.2) is 41.0 Å². The molecule has 124 valence electrons. The van der Waals surface area contributed by atoms with Crippen LogP contribution in [0.25, 0.3) is 5.69 Å². The van der Waals surface area contributed by atoms with Gasteiger partial charge in [-0.3, -0.25) is 0 Å². The van der Waals surface area contributed by atoms with Gasteiger partial charge >= 0.3 is 0 Å². The van der Waals surface area contributed by atoms with Crippen molar-refractivity contribution in [3.05, 3.63) is 47.8 Å². The van der Waals surface area contributed by atoms with Crippen LogP contribution in [0.15, 0.2) is 36.7 Å². The van der Waals surface area contributed by atoms with Crippen LogP contribution in [0.3, 0.4) is 0 Å². The van der Waals surface area contributed by atoms with E-state index in [1.165, 1.54) is 42.5 Å². The zero-order valence-electron chi connectivity index (χ0n) is 14.2. The molecule has 1 aromatic heterocycles. The van der Waals surface area contributed by atoms with Gasteiger partial charge in [0.1, 0.15) is 0 Å². The number of hydrogen-bond acceptors (Lipinski definition) is 3. The Bertz CT molecular complexity index is 603. The molecule has 23 heavy (non-hydrogen) atoms. The van der Waals surface area contributed by atoms with Crippen LogP contribution in [0.5, 0.6) is 0 Å². The molecule has 1 aliphatic heterocycles. The molecule has 1 aliphatic rings. The van der Waals surface area contributed by atoms with E-state index >= 15 is 0 Å². The molecule has 1 fully saturated rings. The lowest BCUT2D eigenvalue weighted by molar-refractivity contribution is 0.0995. The average Bonchev–Trinajstić information content (AvgIpc) is 3.20. The van der Waals surface area contributed by atoms with Crippen LogP contribution in [0.1, 0.15) is 36.8 Å². The van der Waals surface area contributed by atoms with Crippen LogP contribution in [-0.2, 0) is 11.3 Å². The van der Waals surface area contributed by atoms with Crippen LogP contribution in [0.2, 0.25) is 0 Å². The Morgan fingerprint density at radius 3 is 3.04 bits per heavy atom. The largest absolute Gasteiger partial charge is 0.378 e. The number of hydrogen-bond donors (Lipinski definition) is 0. The third kappa shape index (κ3) is 4.43. The van der Waals surface area contributed by atoms with E-state index in [-0.39, 0.29) is 0 Å². The Kier molecular flexibility index (Phi) is 5.47. The molecule has 0 radical (unpaired) electrons. The third-order valence-electron chi connectivity index (χ3n) is 4.52. The van der Waals surface area contributed by atoms with Gasteiger partial charge in [-0.1, -0.05) is 17.7 Å². The summed E-state index contributed by atoms with van der Waals surface area (Å²) in [6, 6.07) is 8.55. The fraction of sp³-hybridized carbons (Fsp3) is 0.526. The molecule has 2 heterocycles. The van der Waals surface area contributed by atoms with Crippen molar-refractivity contribution in [3.63, 3.8) is 0 Å². The van der Waals surface area contributed by atoms with Gasteiger partial charge < -0.3 is 9.64 Å². The highest BCUT2D eigenvalue weighted by Gasteiger charge is 2.15. The van der Waals surface area contributed by atoms with Gasteiger partial charge in [-0.25, -0.2) is 4.68 Å². The number of benzene rings is 1. The number of nitrogens with zero attached hydrogens (tertiary/aromatic N) is 3. The summed E-state index contributed by atoms with van der Waals surface area (Å²) in [4.78, 5) is 2.40. The van der Waals surface area contributed by atoms with Gasteiger partial charge in [0.2, 0.25) is 0 Å². The second kappa shape index (κ2) is 7.75. The second-order valence-corrected chi connectivity index (χ2v) is 6.60. The summed E-state index contributed by atoms with van der Waals surface area (Å²) in [7, 11) is 2.20. The van der Waals surface area contributed by atoms with Gasteiger partial charge in [0.05, 0.1) is 11.8 Å². The summed E-state index contributed by atoms with van der Waals surface area (Å²) < 4.78 is 7.66. The lowest BCUT2D eigenvalue weighted by Gasteiger charge is -2.20. The lowest BCUT2D eigenvalue weighted by Crippen LogP contribution is -2.21. The summed E-state index contributed by atoms with van der Waals surface area (Å²) in [5, 5.41) is 4.38. The Hall–Kier alpha value is -1.65. The molecule has 1 saturated heterocycles. The van der Waals surface area contributed by atoms with Crippen molar-refractivity contribution in [2.45, 2.75) is 45.3 Å². The van der Waals surface area contributed by atoms with Crippen LogP contribution >= 0.6 is 0 Å². The molecule has 0 amide bonds. The maximum atomic E-state index is 5.71. The van der Waals surface area contributed by atoms with Crippen molar-refractivity contribution >= 4 is 0 Å². The minimum atomic E-state index is 0.502. The molecule has 0 bridgehead atoms. The normalized spacial score (nSPS) is 18.0. The summed E-state index contributed by atoms with van der Waals surface area (Å²) >= 11 is 0. The third-order valence-corrected chi connectivity index (χ3v) is 4.52. The Labute approximate surface area is 139 Å². The van der Waals surface area contributed by atoms with Gasteiger partial charge in [0, 0.05) is 25.5 Å². The van der Waals surface area contributed by atoms with E-state index in [4.69, 9.17) is 4.74 Å². The molecule has 0 saturated carbocycles. The quantitative estimate of drug-likeness (QED) is 0.783. The van der Waals surface area contributed by atoms with E-state index in [1.807, 2.05) is 23.1 Å². The fourth-order valence-electron chi connectivity index (χ4n) is 3.31. The summed E-state index contributed by atoms with van der Waals surface area (Å²) in [5.74, 6) is 0. The van der Waals surface area contributed by atoms with Crippen LogP contribution < -0.4 is 0 Å². The van der Waals surface area contributed by atoms with Gasteiger partial charge in [-0.15, -0.1) is 0 Å². The predicted octanol–water partition coefficient (Wildman–Crippen LogP) is 3.57. The predicted molar refractivity (Wildman–Crippen MR) is 92.8 cm³/mol. The van der Waals surface area contributed by atoms with E-state index in [0.29, 0.717) is 6.10 Å². The molecule has 0 aliphatic carbocycles. The molecule has 2 aromatic rings. The highest BCUT2D eigenvalue weighted by molar-refractivity contribution is 5.42. The lowest BCUT2D eigenvalue weighted by atomic mass is 10.1. The monoisotopic (exact) mass is 313 g/mol. The maximum absolute atomic E-state index is 5.71. The van der Waals surface area contributed by atoms with Crippen LogP contribution in [0.4, 0.5) is 0 Å². The molecular formula is C19H27N3O. The first-order valence-electron chi connectivity index (χ1n) is 8.62. The van der Waals surface area contributed by atoms with E-state index in [2.05, 4.69) is 42.2 Å². The minimum Gasteiger partial charge on any atom is -0.378 e. The SMILES string of the molecule is Cc1ccc(-n2cccn2)c(CN(C)CCCC2CCCO2)c1. The van der Waals surface area contributed by atoms with Gasteiger partial charge in [0.15, 0.2) is 0 Å². The molecule has 4 heteroatoms. The molecule has 0 N–H and O–H groups in total. The van der Waals surface area contributed by atoms with E-state index in [9.17, 15) is 0 Å². The number of rotatable bonds is 7. The summed E-state index contributed by atoms with van der Waals surface area (Å²) in [5.41, 5.74) is 3.79. The van der Waals surface area contributed by atoms with Crippen molar-refractivity contribution in [3.8, 4) is 5.69 Å². The number of aryl methyl sites for hydroxylation is 1. The average molecular weight is 313 g/mol. The zero-order valence-corrected chi connectivity index (χ0v) is 14.2. The topological polar surface area (TPSA) is 30.3 Å². The van der Waals surface area contributed by atoms with Crippen molar-refractivity contribution in [2.24, 2.45) is 0 Å². The first kappa shape index (κ1) is 16.2. The van der Waals surface area contributed by atoms with Crippen molar-refractivity contribution in [1.82, 2.24) is 14.7 Å². The van der Waals surface area contributed by atoms with Crippen molar-refractivity contribution < 1.29 is 4.74 Å². The highest BCUT2D eigenvalue weighted by Crippen LogP contribution is 2.19. The first-order valence-corrected chi connectivity index (χ1v) is 8.62. The van der Waals surface area contributed by atoms with Gasteiger partial charge in [-0.2, -0.15) is 5.10 Å². The Morgan fingerprint density at radius 1 is 1.39 bits per heavy atom. The molecule has 1 unspecified atom stereocenters. The van der Waals surface area contributed by atoms with Crippen LogP contribution in [0, 0.1) is 6.92 Å². The Morgan fingerprint density at radius 2 is 2.30 bits per heavy atom. The van der Waals surface area contributed by atoms with Gasteiger partial charge in [-0.05, 0) is 63.9 Å². The fourth-order valence-corrected chi connectivity index (χ4v) is 3.31. The number of ether oxygens (including phenoxy) is 1. The smallest absolute Gasteiger partial charge is 0.0690 e. The molecule has 1 atom stereocenters. The van der Waals surface area contributed by atoms with E-state index in [0.717, 1.165) is 19.7 Å². The zero-order chi connectivity index (χ0) is 16.1. The van der Waals surface area contributed by atoms with E-state index < -0.39 is 0 Å². The summed E-state index contributed by atoms with van der Waals surface area (Å²) in [6.45, 7) is 5.15. The standard InChI is InChI=1S/C19H27N3O/c1-16-8-9-19(22-12-5-10-20-22)17(14-16)15-21(2)11-3-6-18-7-4-13-23-18/h5,8-10,12,14,18H,3-4,6-7,11,13,15H2,1-2H3. The van der Waals surface area contributed by atoms with Crippen molar-refractivity contribution in [1.29, 1.82) is 0 Å². The maximum Gasteiger partial charge on any atom is 0.0690 e. The first-order chi connectivity index (χ1) is 11.2. The highest BCUT2D eigenvalue weighted by atomic mass is 16.5. The van der Waals surface area contributed by atoms with Gasteiger partial charge in [0.25, 0.3) is 0 Å². The molecule has 0 spiro atoms. The molecule has 1 aromatic carbocycles. The van der Waals surface area contributed by atoms with Crippen molar-refractivity contribution in [2.75, 3.05) is 20.2 Å². The molecular weight excluding hydrogens is 286 g/mol. The second-order valence-electron chi connectivity index (χ2n) is 6.60. The molecule has 4 nitrogen and oxygen atoms in total. The molecule has 3 rings (SSSR count). The Balaban J connectivity index is 1.59. The minimum absolute atomic E-state index is 0.502. The number of aromatic nitrogens is 2. The summed E-state index contributed by atoms with van der Waals surface area (Å²) in [6.07, 6.45) is 9.19. The van der Waals surface area contributed by atoms with E-state index in [1.54, 1.807) is 0 Å².